The fourth-order valence-electron chi connectivity index (χ4n) is 1.83. The summed E-state index contributed by atoms with van der Waals surface area (Å²) >= 11 is 0. The van der Waals surface area contributed by atoms with Gasteiger partial charge in [0.05, 0.1) is 0 Å². The number of carboxylic acid groups (broad SMARTS) is 1. The fourth-order valence-corrected chi connectivity index (χ4v) is 1.83. The first-order valence-corrected chi connectivity index (χ1v) is 4.93. The molecular formula is C10H19NO2. The molecule has 3 heteroatoms. The summed E-state index contributed by atoms with van der Waals surface area (Å²) in [5, 5.41) is 9.04. The molecule has 0 bridgehead atoms. The van der Waals surface area contributed by atoms with E-state index >= 15 is 0 Å². The van der Waals surface area contributed by atoms with Gasteiger partial charge in [-0.05, 0) is 39.2 Å². The quantitative estimate of drug-likeness (QED) is 0.710. The molecule has 1 atom stereocenters. The maximum absolute atomic E-state index is 11.0. The monoisotopic (exact) mass is 185 g/mol. The van der Waals surface area contributed by atoms with Gasteiger partial charge in [-0.1, -0.05) is 6.92 Å². The van der Waals surface area contributed by atoms with Crippen LogP contribution in [0.5, 0.6) is 0 Å². The maximum atomic E-state index is 11.0. The van der Waals surface area contributed by atoms with Crippen LogP contribution in [-0.4, -0.2) is 34.6 Å². The fraction of sp³-hybridized carbons (Fsp3) is 0.900. The van der Waals surface area contributed by atoms with E-state index in [2.05, 4.69) is 11.8 Å². The van der Waals surface area contributed by atoms with Gasteiger partial charge in [0.2, 0.25) is 0 Å². The number of nitrogens with zero attached hydrogens (tertiary/aromatic N) is 1. The molecule has 1 heterocycles. The van der Waals surface area contributed by atoms with Crippen molar-refractivity contribution in [1.82, 2.24) is 4.90 Å². The molecule has 0 saturated carbocycles. The Morgan fingerprint density at radius 1 is 1.54 bits per heavy atom. The smallest absolute Gasteiger partial charge is 0.323 e. The Morgan fingerprint density at radius 2 is 2.15 bits per heavy atom. The largest absolute Gasteiger partial charge is 0.480 e. The van der Waals surface area contributed by atoms with Crippen LogP contribution in [0.25, 0.3) is 0 Å². The lowest BCUT2D eigenvalue weighted by Crippen LogP contribution is -2.53. The number of hydrogen-bond donors (Lipinski definition) is 1. The van der Waals surface area contributed by atoms with E-state index in [1.165, 1.54) is 6.42 Å². The molecule has 1 unspecified atom stereocenters. The average Bonchev–Trinajstić information content (AvgIpc) is 2.04. The topological polar surface area (TPSA) is 40.5 Å². The average molecular weight is 185 g/mol. The second kappa shape index (κ2) is 3.66. The van der Waals surface area contributed by atoms with Gasteiger partial charge in [-0.2, -0.15) is 0 Å². The van der Waals surface area contributed by atoms with Crippen LogP contribution in [0.2, 0.25) is 0 Å². The molecule has 3 nitrogen and oxygen atoms in total. The highest BCUT2D eigenvalue weighted by molar-refractivity contribution is 5.77. The van der Waals surface area contributed by atoms with E-state index < -0.39 is 11.5 Å². The maximum Gasteiger partial charge on any atom is 0.323 e. The van der Waals surface area contributed by atoms with Crippen LogP contribution in [0.3, 0.4) is 0 Å². The van der Waals surface area contributed by atoms with Gasteiger partial charge in [-0.3, -0.25) is 9.69 Å². The van der Waals surface area contributed by atoms with Gasteiger partial charge < -0.3 is 5.11 Å². The van der Waals surface area contributed by atoms with Gasteiger partial charge in [0.15, 0.2) is 0 Å². The van der Waals surface area contributed by atoms with E-state index in [-0.39, 0.29) is 0 Å². The van der Waals surface area contributed by atoms with Gasteiger partial charge >= 0.3 is 5.97 Å². The number of rotatable bonds is 2. The van der Waals surface area contributed by atoms with Crippen molar-refractivity contribution >= 4 is 5.97 Å². The second-order valence-electron chi connectivity index (χ2n) is 4.56. The molecular weight excluding hydrogens is 166 g/mol. The standard InChI is InChI=1S/C10H19NO2/c1-8-5-4-6-11(7-8)10(2,3)9(12)13/h8H,4-7H2,1-3H3,(H,12,13). The van der Waals surface area contributed by atoms with E-state index in [0.717, 1.165) is 19.5 Å². The zero-order valence-corrected chi connectivity index (χ0v) is 8.71. The van der Waals surface area contributed by atoms with E-state index in [1.807, 2.05) is 0 Å². The predicted molar refractivity (Wildman–Crippen MR) is 51.7 cm³/mol. The van der Waals surface area contributed by atoms with Crippen molar-refractivity contribution in [3.63, 3.8) is 0 Å². The van der Waals surface area contributed by atoms with Crippen LogP contribution in [0.4, 0.5) is 0 Å². The normalized spacial score (nSPS) is 25.9. The summed E-state index contributed by atoms with van der Waals surface area (Å²) in [7, 11) is 0. The molecule has 1 aliphatic heterocycles. The minimum absolute atomic E-state index is 0.632. The van der Waals surface area contributed by atoms with Gasteiger partial charge in [0, 0.05) is 6.54 Å². The van der Waals surface area contributed by atoms with E-state index in [0.29, 0.717) is 5.92 Å². The Bertz CT molecular complexity index is 201. The molecule has 1 fully saturated rings. The first-order chi connectivity index (χ1) is 5.94. The van der Waals surface area contributed by atoms with Crippen molar-refractivity contribution in [2.24, 2.45) is 5.92 Å². The molecule has 1 N–H and O–H groups in total. The lowest BCUT2D eigenvalue weighted by molar-refractivity contribution is -0.150. The minimum Gasteiger partial charge on any atom is -0.480 e. The highest BCUT2D eigenvalue weighted by Gasteiger charge is 2.36. The van der Waals surface area contributed by atoms with Gasteiger partial charge in [0.1, 0.15) is 5.54 Å². The molecule has 0 aromatic carbocycles. The zero-order valence-electron chi connectivity index (χ0n) is 8.71. The molecule has 1 aliphatic rings. The van der Waals surface area contributed by atoms with Crippen molar-refractivity contribution in [3.8, 4) is 0 Å². The van der Waals surface area contributed by atoms with Gasteiger partial charge in [-0.15, -0.1) is 0 Å². The summed E-state index contributed by atoms with van der Waals surface area (Å²) in [5.74, 6) is -0.0889. The lowest BCUT2D eigenvalue weighted by Gasteiger charge is -2.40. The highest BCUT2D eigenvalue weighted by atomic mass is 16.4. The van der Waals surface area contributed by atoms with E-state index in [1.54, 1.807) is 13.8 Å². The first kappa shape index (κ1) is 10.5. The van der Waals surface area contributed by atoms with E-state index in [9.17, 15) is 4.79 Å². The molecule has 0 spiro atoms. The molecule has 1 saturated heterocycles. The SMILES string of the molecule is CC1CCCN(C(C)(C)C(=O)O)C1. The number of carbonyl (C=O) groups is 1. The number of aliphatic carboxylic acids is 1. The third-order valence-corrected chi connectivity index (χ3v) is 2.97. The lowest BCUT2D eigenvalue weighted by atomic mass is 9.94. The van der Waals surface area contributed by atoms with Crippen LogP contribution in [0.1, 0.15) is 33.6 Å². The van der Waals surface area contributed by atoms with Crippen LogP contribution < -0.4 is 0 Å². The molecule has 0 aliphatic carbocycles. The van der Waals surface area contributed by atoms with E-state index in [4.69, 9.17) is 5.11 Å². The van der Waals surface area contributed by atoms with Crippen molar-refractivity contribution in [3.05, 3.63) is 0 Å². The summed E-state index contributed by atoms with van der Waals surface area (Å²) < 4.78 is 0. The molecule has 0 radical (unpaired) electrons. The van der Waals surface area contributed by atoms with Gasteiger partial charge in [-0.25, -0.2) is 0 Å². The number of carboxylic acids is 1. The Hall–Kier alpha value is -0.570. The summed E-state index contributed by atoms with van der Waals surface area (Å²) in [6.45, 7) is 7.59. The Balaban J connectivity index is 2.64. The molecule has 13 heavy (non-hydrogen) atoms. The number of hydrogen-bond acceptors (Lipinski definition) is 2. The van der Waals surface area contributed by atoms with Crippen LogP contribution >= 0.6 is 0 Å². The summed E-state index contributed by atoms with van der Waals surface area (Å²) in [6.07, 6.45) is 2.35. The van der Waals surface area contributed by atoms with Crippen molar-refractivity contribution < 1.29 is 9.90 Å². The molecule has 76 valence electrons. The molecule has 0 amide bonds. The number of likely N-dealkylation sites (tertiary alicyclic amines) is 1. The zero-order chi connectivity index (χ0) is 10.1. The third kappa shape index (κ3) is 2.21. The van der Waals surface area contributed by atoms with Crippen LogP contribution in [-0.2, 0) is 4.79 Å². The molecule has 1 rings (SSSR count). The second-order valence-corrected chi connectivity index (χ2v) is 4.56. The first-order valence-electron chi connectivity index (χ1n) is 4.93. The third-order valence-electron chi connectivity index (χ3n) is 2.97. The minimum atomic E-state index is -0.721. The molecule has 0 aromatic rings. The Labute approximate surface area is 79.7 Å². The summed E-state index contributed by atoms with van der Waals surface area (Å²) in [6, 6.07) is 0. The predicted octanol–water partition coefficient (Wildman–Crippen LogP) is 1.58. The Morgan fingerprint density at radius 3 is 2.62 bits per heavy atom. The van der Waals surface area contributed by atoms with Crippen molar-refractivity contribution in [1.29, 1.82) is 0 Å². The highest BCUT2D eigenvalue weighted by Crippen LogP contribution is 2.23. The molecule has 0 aromatic heterocycles. The summed E-state index contributed by atoms with van der Waals surface area (Å²) in [5.41, 5.74) is -0.700. The van der Waals surface area contributed by atoms with Gasteiger partial charge in [0.25, 0.3) is 0 Å². The van der Waals surface area contributed by atoms with Crippen molar-refractivity contribution in [2.45, 2.75) is 39.2 Å². The number of piperidine rings is 1. The van der Waals surface area contributed by atoms with Crippen LogP contribution in [0.15, 0.2) is 0 Å². The Kier molecular flexibility index (Phi) is 2.96. The summed E-state index contributed by atoms with van der Waals surface area (Å²) in [4.78, 5) is 13.1. The van der Waals surface area contributed by atoms with Crippen molar-refractivity contribution in [2.75, 3.05) is 13.1 Å². The van der Waals surface area contributed by atoms with Crippen LogP contribution in [0, 0.1) is 5.92 Å².